The summed E-state index contributed by atoms with van der Waals surface area (Å²) in [5.41, 5.74) is 0. The van der Waals surface area contributed by atoms with E-state index >= 15 is 0 Å². The summed E-state index contributed by atoms with van der Waals surface area (Å²) in [7, 11) is 0. The molecule has 0 spiro atoms. The summed E-state index contributed by atoms with van der Waals surface area (Å²) >= 11 is 0. The van der Waals surface area contributed by atoms with Gasteiger partial charge in [0.2, 0.25) is 0 Å². The van der Waals surface area contributed by atoms with Gasteiger partial charge in [0, 0.05) is 6.61 Å². The van der Waals surface area contributed by atoms with Gasteiger partial charge >= 0.3 is 5.97 Å². The van der Waals surface area contributed by atoms with E-state index in [0.29, 0.717) is 12.5 Å². The number of unbranched alkanes of at least 4 members (excludes halogenated alkanes) is 1. The molecule has 0 N–H and O–H groups in total. The monoisotopic (exact) mass is 240 g/mol. The normalized spacial score (nSPS) is 24.3. The molecule has 0 radical (unpaired) electrons. The lowest BCUT2D eigenvalue weighted by Gasteiger charge is -2.29. The highest BCUT2D eigenvalue weighted by molar-refractivity contribution is 5.73. The van der Waals surface area contributed by atoms with Crippen LogP contribution in [0.5, 0.6) is 0 Å². The first kappa shape index (κ1) is 14.2. The van der Waals surface area contributed by atoms with E-state index in [1.54, 1.807) is 0 Å². The van der Waals surface area contributed by atoms with Crippen LogP contribution < -0.4 is 0 Å². The van der Waals surface area contributed by atoms with Crippen molar-refractivity contribution >= 4 is 5.97 Å². The molecule has 0 aromatic carbocycles. The molecule has 3 heteroatoms. The van der Waals surface area contributed by atoms with Gasteiger partial charge in [0.25, 0.3) is 0 Å². The highest BCUT2D eigenvalue weighted by Crippen LogP contribution is 2.31. The molecule has 0 bridgehead atoms. The third-order valence-electron chi connectivity index (χ3n) is 3.39. The smallest absolute Gasteiger partial charge is 0.314 e. The van der Waals surface area contributed by atoms with Gasteiger partial charge in [-0.2, -0.15) is 0 Å². The van der Waals surface area contributed by atoms with Gasteiger partial charge in [-0.25, -0.2) is 0 Å². The Labute approximate surface area is 104 Å². The molecule has 2 unspecified atom stereocenters. The van der Waals surface area contributed by atoms with Crippen LogP contribution in [0.4, 0.5) is 0 Å². The minimum Gasteiger partial charge on any atom is -0.435 e. The fraction of sp³-hybridized carbons (Fsp3) is 0.786. The van der Waals surface area contributed by atoms with Gasteiger partial charge in [-0.15, -0.1) is 0 Å². The lowest BCUT2D eigenvalue weighted by molar-refractivity contribution is -0.147. The molecule has 0 amide bonds. The summed E-state index contributed by atoms with van der Waals surface area (Å²) in [6.07, 6.45) is 7.77. The van der Waals surface area contributed by atoms with Crippen LogP contribution in [-0.4, -0.2) is 19.2 Å². The van der Waals surface area contributed by atoms with Crippen molar-refractivity contribution in [1.29, 1.82) is 0 Å². The van der Waals surface area contributed by atoms with Crippen molar-refractivity contribution in [2.75, 3.05) is 13.2 Å². The van der Waals surface area contributed by atoms with E-state index < -0.39 is 0 Å². The third kappa shape index (κ3) is 4.90. The maximum Gasteiger partial charge on any atom is 0.314 e. The van der Waals surface area contributed by atoms with Crippen molar-refractivity contribution in [3.05, 3.63) is 12.8 Å². The zero-order valence-corrected chi connectivity index (χ0v) is 10.8. The first-order valence-electron chi connectivity index (χ1n) is 6.68. The van der Waals surface area contributed by atoms with Crippen molar-refractivity contribution in [1.82, 2.24) is 0 Å². The van der Waals surface area contributed by atoms with E-state index in [9.17, 15) is 4.79 Å². The van der Waals surface area contributed by atoms with Gasteiger partial charge in [0.15, 0.2) is 0 Å². The molecule has 2 atom stereocenters. The lowest BCUT2D eigenvalue weighted by Crippen LogP contribution is -2.31. The molecular weight excluding hydrogens is 216 g/mol. The average molecular weight is 240 g/mol. The Morgan fingerprint density at radius 1 is 1.41 bits per heavy atom. The molecule has 0 aromatic heterocycles. The zero-order chi connectivity index (χ0) is 12.5. The first-order valence-corrected chi connectivity index (χ1v) is 6.68. The number of esters is 1. The van der Waals surface area contributed by atoms with Gasteiger partial charge in [-0.3, -0.25) is 4.79 Å². The molecule has 1 saturated carbocycles. The van der Waals surface area contributed by atoms with Gasteiger partial charge in [0.1, 0.15) is 0 Å². The van der Waals surface area contributed by atoms with Crippen molar-refractivity contribution in [3.8, 4) is 0 Å². The van der Waals surface area contributed by atoms with Crippen LogP contribution in [0, 0.1) is 11.8 Å². The molecule has 0 aromatic rings. The molecule has 0 saturated heterocycles. The zero-order valence-electron chi connectivity index (χ0n) is 10.8. The van der Waals surface area contributed by atoms with Gasteiger partial charge in [0.05, 0.1) is 18.8 Å². The molecule has 1 fully saturated rings. The SMILES string of the molecule is C=COC(=O)C1CCCCC1COCCCC. The number of hydrogen-bond acceptors (Lipinski definition) is 3. The minimum absolute atomic E-state index is 0.00313. The Bertz CT molecular complexity index is 238. The Morgan fingerprint density at radius 3 is 2.88 bits per heavy atom. The molecule has 98 valence electrons. The van der Waals surface area contributed by atoms with Crippen LogP contribution in [0.1, 0.15) is 45.4 Å². The summed E-state index contributed by atoms with van der Waals surface area (Å²) in [4.78, 5) is 11.7. The summed E-state index contributed by atoms with van der Waals surface area (Å²) < 4.78 is 10.5. The van der Waals surface area contributed by atoms with Gasteiger partial charge in [-0.05, 0) is 25.2 Å². The molecule has 1 aliphatic carbocycles. The van der Waals surface area contributed by atoms with E-state index in [1.165, 1.54) is 12.7 Å². The highest BCUT2D eigenvalue weighted by atomic mass is 16.5. The summed E-state index contributed by atoms with van der Waals surface area (Å²) in [5.74, 6) is 0.195. The Balaban J connectivity index is 2.36. The molecule has 17 heavy (non-hydrogen) atoms. The average Bonchev–Trinajstić information content (AvgIpc) is 2.35. The van der Waals surface area contributed by atoms with E-state index in [2.05, 4.69) is 13.5 Å². The van der Waals surface area contributed by atoms with Crippen molar-refractivity contribution in [3.63, 3.8) is 0 Å². The minimum atomic E-state index is -0.135. The molecule has 0 aliphatic heterocycles. The Kier molecular flexibility index (Phi) is 6.94. The van der Waals surface area contributed by atoms with Crippen LogP contribution in [0.2, 0.25) is 0 Å². The van der Waals surface area contributed by atoms with Crippen LogP contribution in [0.3, 0.4) is 0 Å². The second-order valence-electron chi connectivity index (χ2n) is 4.68. The highest BCUT2D eigenvalue weighted by Gasteiger charge is 2.31. The summed E-state index contributed by atoms with van der Waals surface area (Å²) in [6.45, 7) is 7.07. The molecule has 0 heterocycles. The third-order valence-corrected chi connectivity index (χ3v) is 3.39. The van der Waals surface area contributed by atoms with Crippen molar-refractivity contribution in [2.24, 2.45) is 11.8 Å². The number of carbonyl (C=O) groups excluding carboxylic acids is 1. The van der Waals surface area contributed by atoms with Crippen LogP contribution >= 0.6 is 0 Å². The number of ether oxygens (including phenoxy) is 2. The molecule has 1 aliphatic rings. The topological polar surface area (TPSA) is 35.5 Å². The van der Waals surface area contributed by atoms with E-state index in [4.69, 9.17) is 9.47 Å². The maximum absolute atomic E-state index is 11.7. The van der Waals surface area contributed by atoms with Crippen molar-refractivity contribution < 1.29 is 14.3 Å². The number of hydrogen-bond donors (Lipinski definition) is 0. The van der Waals surface area contributed by atoms with E-state index in [-0.39, 0.29) is 11.9 Å². The van der Waals surface area contributed by atoms with Gasteiger partial charge in [-0.1, -0.05) is 32.8 Å². The lowest BCUT2D eigenvalue weighted by atomic mass is 9.80. The van der Waals surface area contributed by atoms with E-state index in [1.807, 2.05) is 0 Å². The summed E-state index contributed by atoms with van der Waals surface area (Å²) in [5, 5.41) is 0. The first-order chi connectivity index (χ1) is 8.29. The molecule has 1 rings (SSSR count). The predicted octanol–water partition coefficient (Wildman–Crippen LogP) is 3.30. The second-order valence-corrected chi connectivity index (χ2v) is 4.68. The van der Waals surface area contributed by atoms with Crippen LogP contribution in [0.25, 0.3) is 0 Å². The maximum atomic E-state index is 11.7. The van der Waals surface area contributed by atoms with Crippen LogP contribution in [0.15, 0.2) is 12.8 Å². The fourth-order valence-electron chi connectivity index (χ4n) is 2.37. The Hall–Kier alpha value is -0.830. The second kappa shape index (κ2) is 8.29. The Morgan fingerprint density at radius 2 is 2.18 bits per heavy atom. The van der Waals surface area contributed by atoms with Gasteiger partial charge < -0.3 is 9.47 Å². The van der Waals surface area contributed by atoms with E-state index in [0.717, 1.165) is 38.7 Å². The standard InChI is InChI=1S/C14H24O3/c1-3-5-10-16-11-12-8-6-7-9-13(12)14(15)17-4-2/h4,12-13H,2-3,5-11H2,1H3. The quantitative estimate of drug-likeness (QED) is 0.389. The number of rotatable bonds is 7. The largest absolute Gasteiger partial charge is 0.435 e. The summed E-state index contributed by atoms with van der Waals surface area (Å²) in [6, 6.07) is 0. The fourth-order valence-corrected chi connectivity index (χ4v) is 2.37. The van der Waals surface area contributed by atoms with Crippen molar-refractivity contribution in [2.45, 2.75) is 45.4 Å². The molecular formula is C14H24O3. The predicted molar refractivity (Wildman–Crippen MR) is 67.5 cm³/mol. The molecule has 3 nitrogen and oxygen atoms in total. The number of carbonyl (C=O) groups is 1. The van der Waals surface area contributed by atoms with Crippen LogP contribution in [-0.2, 0) is 14.3 Å².